The van der Waals surface area contributed by atoms with E-state index in [-0.39, 0.29) is 5.56 Å². The van der Waals surface area contributed by atoms with E-state index in [0.717, 1.165) is 28.8 Å². The number of halogens is 2. The number of amides is 2. The Bertz CT molecular complexity index is 1340. The summed E-state index contributed by atoms with van der Waals surface area (Å²) >= 11 is 0. The summed E-state index contributed by atoms with van der Waals surface area (Å²) in [5.41, 5.74) is 8.55. The highest BCUT2D eigenvalue weighted by Crippen LogP contribution is 2.21. The van der Waals surface area contributed by atoms with Gasteiger partial charge in [0.25, 0.3) is 11.8 Å². The third-order valence-corrected chi connectivity index (χ3v) is 5.03. The molecule has 0 bridgehead atoms. The Hall–Kier alpha value is -4.20. The predicted molar refractivity (Wildman–Crippen MR) is 116 cm³/mol. The number of aryl methyl sites for hydroxylation is 2. The summed E-state index contributed by atoms with van der Waals surface area (Å²) in [5.74, 6) is -3.18. The van der Waals surface area contributed by atoms with Gasteiger partial charge in [0, 0.05) is 16.6 Å². The van der Waals surface area contributed by atoms with Gasteiger partial charge in [0.05, 0.1) is 16.8 Å². The molecule has 1 heterocycles. The van der Waals surface area contributed by atoms with Crippen molar-refractivity contribution in [1.29, 1.82) is 0 Å². The first kappa shape index (κ1) is 21.0. The lowest BCUT2D eigenvalue weighted by atomic mass is 10.0. The van der Waals surface area contributed by atoms with Crippen LogP contribution in [0.15, 0.2) is 67.0 Å². The van der Waals surface area contributed by atoms with Crippen molar-refractivity contribution in [2.75, 3.05) is 5.32 Å². The van der Waals surface area contributed by atoms with Gasteiger partial charge in [-0.25, -0.2) is 18.7 Å². The molecular weight excluding hydrogens is 414 g/mol. The number of primary amides is 1. The number of rotatable bonds is 6. The molecular formula is C24H18F2N4O2. The van der Waals surface area contributed by atoms with E-state index in [9.17, 15) is 18.4 Å². The fourth-order valence-electron chi connectivity index (χ4n) is 3.45. The second-order valence-corrected chi connectivity index (χ2v) is 7.17. The van der Waals surface area contributed by atoms with E-state index in [1.54, 1.807) is 30.3 Å². The van der Waals surface area contributed by atoms with Gasteiger partial charge in [0.2, 0.25) is 0 Å². The van der Waals surface area contributed by atoms with Crippen molar-refractivity contribution < 1.29 is 18.4 Å². The molecule has 0 aliphatic heterocycles. The summed E-state index contributed by atoms with van der Waals surface area (Å²) in [6.07, 6.45) is 2.59. The topological polar surface area (TPSA) is 98.0 Å². The van der Waals surface area contributed by atoms with E-state index in [1.165, 1.54) is 12.4 Å². The maximum absolute atomic E-state index is 13.4. The molecule has 0 atom stereocenters. The second kappa shape index (κ2) is 8.89. The second-order valence-electron chi connectivity index (χ2n) is 7.17. The summed E-state index contributed by atoms with van der Waals surface area (Å²) in [6, 6.07) is 15.4. The Morgan fingerprint density at radius 2 is 1.72 bits per heavy atom. The lowest BCUT2D eigenvalue weighted by Gasteiger charge is -2.09. The molecule has 0 saturated heterocycles. The molecule has 0 unspecified atom stereocenters. The molecule has 0 fully saturated rings. The minimum Gasteiger partial charge on any atom is -0.366 e. The normalized spacial score (nSPS) is 10.8. The number of para-hydroxylation sites is 1. The zero-order valence-electron chi connectivity index (χ0n) is 16.8. The van der Waals surface area contributed by atoms with Crippen LogP contribution in [0.5, 0.6) is 0 Å². The third kappa shape index (κ3) is 4.44. The zero-order chi connectivity index (χ0) is 22.7. The van der Waals surface area contributed by atoms with Gasteiger partial charge in [-0.15, -0.1) is 0 Å². The fraction of sp³-hybridized carbons (Fsp3) is 0.0833. The minimum atomic E-state index is -1.08. The number of benzene rings is 3. The van der Waals surface area contributed by atoms with Gasteiger partial charge in [0.15, 0.2) is 11.6 Å². The predicted octanol–water partition coefficient (Wildman–Crippen LogP) is 4.04. The van der Waals surface area contributed by atoms with Gasteiger partial charge in [0.1, 0.15) is 6.33 Å². The van der Waals surface area contributed by atoms with E-state index in [0.29, 0.717) is 29.6 Å². The molecule has 4 rings (SSSR count). The smallest absolute Gasteiger partial charge is 0.255 e. The highest BCUT2D eigenvalue weighted by atomic mass is 19.2. The van der Waals surface area contributed by atoms with Gasteiger partial charge in [-0.05, 0) is 54.8 Å². The van der Waals surface area contributed by atoms with Gasteiger partial charge in [-0.1, -0.05) is 24.3 Å². The lowest BCUT2D eigenvalue weighted by molar-refractivity contribution is 0.0998. The summed E-state index contributed by atoms with van der Waals surface area (Å²) < 4.78 is 26.5. The average molecular weight is 432 g/mol. The van der Waals surface area contributed by atoms with Crippen molar-refractivity contribution in [3.63, 3.8) is 0 Å². The van der Waals surface area contributed by atoms with Gasteiger partial charge >= 0.3 is 0 Å². The number of nitrogens with zero attached hydrogens (tertiary/aromatic N) is 2. The first-order valence-corrected chi connectivity index (χ1v) is 9.80. The van der Waals surface area contributed by atoms with E-state index in [2.05, 4.69) is 15.3 Å². The number of nitrogens with one attached hydrogen (secondary N) is 1. The van der Waals surface area contributed by atoms with Crippen molar-refractivity contribution in [2.24, 2.45) is 5.73 Å². The van der Waals surface area contributed by atoms with Crippen LogP contribution in [0.25, 0.3) is 10.9 Å². The van der Waals surface area contributed by atoms with Crippen molar-refractivity contribution in [3.05, 3.63) is 101 Å². The van der Waals surface area contributed by atoms with Gasteiger partial charge in [-0.3, -0.25) is 9.59 Å². The maximum atomic E-state index is 13.4. The van der Waals surface area contributed by atoms with Crippen molar-refractivity contribution in [3.8, 4) is 0 Å². The summed E-state index contributed by atoms with van der Waals surface area (Å²) in [5, 5.41) is 3.44. The van der Waals surface area contributed by atoms with Crippen LogP contribution in [0, 0.1) is 11.6 Å². The molecule has 0 aliphatic rings. The Morgan fingerprint density at radius 1 is 0.906 bits per heavy atom. The van der Waals surface area contributed by atoms with E-state index < -0.39 is 23.4 Å². The average Bonchev–Trinajstić information content (AvgIpc) is 2.79. The first-order valence-electron chi connectivity index (χ1n) is 9.80. The Balaban J connectivity index is 1.50. The highest BCUT2D eigenvalue weighted by molar-refractivity contribution is 6.05. The summed E-state index contributed by atoms with van der Waals surface area (Å²) in [7, 11) is 0. The molecule has 8 heteroatoms. The number of aromatic nitrogens is 2. The number of carbonyl (C=O) groups excluding carboxylic acids is 2. The molecule has 2 amide bonds. The molecule has 0 saturated carbocycles. The number of hydrogen-bond donors (Lipinski definition) is 2. The van der Waals surface area contributed by atoms with Crippen LogP contribution < -0.4 is 11.1 Å². The van der Waals surface area contributed by atoms with Crippen molar-refractivity contribution in [1.82, 2.24) is 9.97 Å². The molecule has 32 heavy (non-hydrogen) atoms. The van der Waals surface area contributed by atoms with Crippen LogP contribution >= 0.6 is 0 Å². The standard InChI is InChI=1S/C24H18F2N4O2/c25-19-9-8-15(12-20(19)26)24(32)30-16-4-1-3-14(11-16)7-10-21-17-5-2-6-18(23(27)31)22(17)29-13-28-21/h1-6,8-9,11-13H,7,10H2,(H2,27,31)(H,30,32). The van der Waals surface area contributed by atoms with E-state index >= 15 is 0 Å². The van der Waals surface area contributed by atoms with Crippen LogP contribution in [0.3, 0.4) is 0 Å². The Kier molecular flexibility index (Phi) is 5.85. The number of carbonyl (C=O) groups is 2. The summed E-state index contributed by atoms with van der Waals surface area (Å²) in [4.78, 5) is 32.5. The zero-order valence-corrected chi connectivity index (χ0v) is 16.8. The maximum Gasteiger partial charge on any atom is 0.255 e. The Morgan fingerprint density at radius 3 is 2.50 bits per heavy atom. The molecule has 0 aliphatic carbocycles. The minimum absolute atomic E-state index is 0.0204. The van der Waals surface area contributed by atoms with Crippen molar-refractivity contribution >= 4 is 28.4 Å². The molecule has 0 spiro atoms. The largest absolute Gasteiger partial charge is 0.366 e. The van der Waals surface area contributed by atoms with Crippen LogP contribution in [0.1, 0.15) is 32.0 Å². The third-order valence-electron chi connectivity index (χ3n) is 5.03. The van der Waals surface area contributed by atoms with Crippen LogP contribution in [0.4, 0.5) is 14.5 Å². The SMILES string of the molecule is NC(=O)c1cccc2c(CCc3cccc(NC(=O)c4ccc(F)c(F)c4)c3)ncnc12. The van der Waals surface area contributed by atoms with Crippen LogP contribution in [-0.4, -0.2) is 21.8 Å². The van der Waals surface area contributed by atoms with E-state index in [4.69, 9.17) is 5.73 Å². The van der Waals surface area contributed by atoms with Crippen molar-refractivity contribution in [2.45, 2.75) is 12.8 Å². The molecule has 3 N–H and O–H groups in total. The molecule has 4 aromatic rings. The molecule has 6 nitrogen and oxygen atoms in total. The molecule has 1 aromatic heterocycles. The monoisotopic (exact) mass is 432 g/mol. The number of nitrogens with two attached hydrogens (primary N) is 1. The van der Waals surface area contributed by atoms with Crippen LogP contribution in [-0.2, 0) is 12.8 Å². The highest BCUT2D eigenvalue weighted by Gasteiger charge is 2.12. The number of anilines is 1. The lowest BCUT2D eigenvalue weighted by Crippen LogP contribution is -2.13. The summed E-state index contributed by atoms with van der Waals surface area (Å²) in [6.45, 7) is 0. The quantitative estimate of drug-likeness (QED) is 0.480. The van der Waals surface area contributed by atoms with E-state index in [1.807, 2.05) is 12.1 Å². The molecule has 3 aromatic carbocycles. The van der Waals surface area contributed by atoms with Gasteiger partial charge in [-0.2, -0.15) is 0 Å². The fourth-order valence-corrected chi connectivity index (χ4v) is 3.45. The molecule has 160 valence electrons. The van der Waals surface area contributed by atoms with Gasteiger partial charge < -0.3 is 11.1 Å². The Labute approximate surface area is 182 Å². The molecule has 0 radical (unpaired) electrons. The number of fused-ring (bicyclic) bond motifs is 1. The number of hydrogen-bond acceptors (Lipinski definition) is 4. The van der Waals surface area contributed by atoms with Crippen LogP contribution in [0.2, 0.25) is 0 Å². The first-order chi connectivity index (χ1) is 15.4.